The van der Waals surface area contributed by atoms with Crippen molar-refractivity contribution in [3.8, 4) is 17.1 Å². The van der Waals surface area contributed by atoms with Crippen LogP contribution in [0.15, 0.2) is 53.3 Å². The molecule has 90 valence electrons. The highest BCUT2D eigenvalue weighted by molar-refractivity contribution is 9.10. The molecule has 3 rings (SSSR count). The quantitative estimate of drug-likeness (QED) is 0.720. The number of ether oxygens (including phenoxy) is 1. The van der Waals surface area contributed by atoms with Crippen LogP contribution in [0.2, 0.25) is 0 Å². The van der Waals surface area contributed by atoms with Crippen molar-refractivity contribution in [2.75, 3.05) is 7.11 Å². The van der Waals surface area contributed by atoms with Crippen LogP contribution in [0.25, 0.3) is 16.9 Å². The summed E-state index contributed by atoms with van der Waals surface area (Å²) in [5.41, 5.74) is 2.13. The van der Waals surface area contributed by atoms with E-state index in [0.29, 0.717) is 0 Å². The summed E-state index contributed by atoms with van der Waals surface area (Å²) in [7, 11) is 1.66. The molecule has 18 heavy (non-hydrogen) atoms. The van der Waals surface area contributed by atoms with Crippen LogP contribution in [0.4, 0.5) is 0 Å². The van der Waals surface area contributed by atoms with Gasteiger partial charge in [-0.1, -0.05) is 15.9 Å². The summed E-state index contributed by atoms with van der Waals surface area (Å²) in [6, 6.07) is 11.9. The van der Waals surface area contributed by atoms with Gasteiger partial charge in [0.25, 0.3) is 0 Å². The molecule has 4 heteroatoms. The zero-order chi connectivity index (χ0) is 12.5. The molecule has 1 aromatic carbocycles. The third-order valence-corrected chi connectivity index (χ3v) is 3.34. The average molecular weight is 303 g/mol. The van der Waals surface area contributed by atoms with Crippen molar-refractivity contribution in [3.63, 3.8) is 0 Å². The van der Waals surface area contributed by atoms with Gasteiger partial charge in [-0.2, -0.15) is 0 Å². The van der Waals surface area contributed by atoms with Gasteiger partial charge < -0.3 is 4.74 Å². The molecule has 0 aliphatic rings. The van der Waals surface area contributed by atoms with Crippen LogP contribution in [0.5, 0.6) is 5.75 Å². The van der Waals surface area contributed by atoms with Crippen molar-refractivity contribution >= 4 is 21.4 Å². The summed E-state index contributed by atoms with van der Waals surface area (Å²) < 4.78 is 8.27. The average Bonchev–Trinajstić information content (AvgIpc) is 2.81. The molecule has 0 bridgehead atoms. The van der Waals surface area contributed by atoms with E-state index in [-0.39, 0.29) is 0 Å². The molecular weight excluding hydrogens is 292 g/mol. The van der Waals surface area contributed by atoms with Crippen LogP contribution < -0.4 is 4.74 Å². The Hall–Kier alpha value is -1.81. The summed E-state index contributed by atoms with van der Waals surface area (Å²) in [6.45, 7) is 0. The van der Waals surface area contributed by atoms with Gasteiger partial charge in [-0.05, 0) is 36.4 Å². The van der Waals surface area contributed by atoms with Crippen molar-refractivity contribution < 1.29 is 4.74 Å². The normalized spacial score (nSPS) is 10.8. The number of imidazole rings is 1. The number of fused-ring (bicyclic) bond motifs is 1. The predicted octanol–water partition coefficient (Wildman–Crippen LogP) is 3.77. The number of hydrogen-bond donors (Lipinski definition) is 0. The van der Waals surface area contributed by atoms with Gasteiger partial charge in [-0.25, -0.2) is 4.98 Å². The molecule has 0 saturated heterocycles. The maximum Gasteiger partial charge on any atom is 0.144 e. The zero-order valence-corrected chi connectivity index (χ0v) is 11.4. The maximum absolute atomic E-state index is 5.16. The number of hydrogen-bond acceptors (Lipinski definition) is 2. The molecule has 0 unspecified atom stereocenters. The van der Waals surface area contributed by atoms with Crippen LogP contribution in [0, 0.1) is 0 Å². The topological polar surface area (TPSA) is 26.5 Å². The van der Waals surface area contributed by atoms with E-state index in [0.717, 1.165) is 27.1 Å². The Morgan fingerprint density at radius 1 is 1.17 bits per heavy atom. The molecule has 0 aliphatic carbocycles. The lowest BCUT2D eigenvalue weighted by molar-refractivity contribution is 0.415. The Labute approximate surface area is 113 Å². The number of benzene rings is 1. The third-order valence-electron chi connectivity index (χ3n) is 2.84. The molecule has 0 aliphatic heterocycles. The Morgan fingerprint density at radius 3 is 2.67 bits per heavy atom. The van der Waals surface area contributed by atoms with Gasteiger partial charge in [0.15, 0.2) is 0 Å². The maximum atomic E-state index is 5.16. The lowest BCUT2D eigenvalue weighted by Gasteiger charge is -2.03. The summed E-state index contributed by atoms with van der Waals surface area (Å²) >= 11 is 3.46. The highest BCUT2D eigenvalue weighted by Gasteiger charge is 2.06. The smallest absolute Gasteiger partial charge is 0.144 e. The van der Waals surface area contributed by atoms with Crippen molar-refractivity contribution in [3.05, 3.63) is 53.3 Å². The Bertz CT molecular complexity index is 689. The number of pyridine rings is 1. The van der Waals surface area contributed by atoms with Gasteiger partial charge in [0.05, 0.1) is 18.8 Å². The van der Waals surface area contributed by atoms with Gasteiger partial charge in [0.2, 0.25) is 0 Å². The Kier molecular flexibility index (Phi) is 2.80. The minimum atomic E-state index is 0.849. The first-order valence-electron chi connectivity index (χ1n) is 5.55. The first kappa shape index (κ1) is 11.3. The third kappa shape index (κ3) is 1.88. The van der Waals surface area contributed by atoms with Crippen LogP contribution in [-0.4, -0.2) is 16.5 Å². The standard InChI is InChI=1S/C14H11BrN2O/c1-18-13-4-2-10(3-5-13)14-16-9-12-8-11(15)6-7-17(12)14/h2-9H,1H3. The van der Waals surface area contributed by atoms with Crippen molar-refractivity contribution in [2.45, 2.75) is 0 Å². The first-order chi connectivity index (χ1) is 8.78. The highest BCUT2D eigenvalue weighted by atomic mass is 79.9. The molecular formula is C14H11BrN2O. The van der Waals surface area contributed by atoms with E-state index in [2.05, 4.69) is 25.3 Å². The largest absolute Gasteiger partial charge is 0.497 e. The molecule has 0 amide bonds. The molecule has 0 atom stereocenters. The molecule has 0 radical (unpaired) electrons. The monoisotopic (exact) mass is 302 g/mol. The SMILES string of the molecule is COc1ccc(-c2ncc3cc(Br)ccn23)cc1. The highest BCUT2D eigenvalue weighted by Crippen LogP contribution is 2.23. The number of aromatic nitrogens is 2. The Balaban J connectivity index is 2.13. The number of methoxy groups -OCH3 is 1. The summed E-state index contributed by atoms with van der Waals surface area (Å²) in [5, 5.41) is 0. The summed E-state index contributed by atoms with van der Waals surface area (Å²) in [5.74, 6) is 1.78. The second kappa shape index (κ2) is 4.46. The van der Waals surface area contributed by atoms with E-state index in [1.54, 1.807) is 7.11 Å². The van der Waals surface area contributed by atoms with Gasteiger partial charge in [-0.3, -0.25) is 4.40 Å². The van der Waals surface area contributed by atoms with E-state index in [9.17, 15) is 0 Å². The zero-order valence-electron chi connectivity index (χ0n) is 9.80. The van der Waals surface area contributed by atoms with E-state index in [1.165, 1.54) is 0 Å². The van der Waals surface area contributed by atoms with Crippen molar-refractivity contribution in [1.29, 1.82) is 0 Å². The lowest BCUT2D eigenvalue weighted by atomic mass is 10.2. The molecule has 3 nitrogen and oxygen atoms in total. The van der Waals surface area contributed by atoms with E-state index >= 15 is 0 Å². The molecule has 2 heterocycles. The fraction of sp³-hybridized carbons (Fsp3) is 0.0714. The molecule has 0 saturated carbocycles. The number of nitrogens with zero attached hydrogens (tertiary/aromatic N) is 2. The van der Waals surface area contributed by atoms with Crippen molar-refractivity contribution in [2.24, 2.45) is 0 Å². The Morgan fingerprint density at radius 2 is 1.94 bits per heavy atom. The molecule has 2 aromatic heterocycles. The molecule has 0 fully saturated rings. The minimum Gasteiger partial charge on any atom is -0.497 e. The van der Waals surface area contributed by atoms with Gasteiger partial charge >= 0.3 is 0 Å². The molecule has 0 spiro atoms. The fourth-order valence-electron chi connectivity index (χ4n) is 1.93. The van der Waals surface area contributed by atoms with Crippen LogP contribution in [0.1, 0.15) is 0 Å². The van der Waals surface area contributed by atoms with Crippen LogP contribution in [-0.2, 0) is 0 Å². The fourth-order valence-corrected chi connectivity index (χ4v) is 2.28. The van der Waals surface area contributed by atoms with Gasteiger partial charge in [0, 0.05) is 16.2 Å². The van der Waals surface area contributed by atoms with E-state index in [4.69, 9.17) is 4.74 Å². The van der Waals surface area contributed by atoms with Crippen molar-refractivity contribution in [1.82, 2.24) is 9.38 Å². The first-order valence-corrected chi connectivity index (χ1v) is 6.34. The molecule has 0 N–H and O–H groups in total. The molecule has 3 aromatic rings. The van der Waals surface area contributed by atoms with Gasteiger partial charge in [0.1, 0.15) is 11.6 Å². The number of rotatable bonds is 2. The lowest BCUT2D eigenvalue weighted by Crippen LogP contribution is -1.89. The second-order valence-corrected chi connectivity index (χ2v) is 4.87. The summed E-state index contributed by atoms with van der Waals surface area (Å²) in [6.07, 6.45) is 3.87. The van der Waals surface area contributed by atoms with Crippen LogP contribution >= 0.6 is 15.9 Å². The predicted molar refractivity (Wildman–Crippen MR) is 74.9 cm³/mol. The van der Waals surface area contributed by atoms with Crippen LogP contribution in [0.3, 0.4) is 0 Å². The minimum absolute atomic E-state index is 0.849. The number of halogens is 1. The summed E-state index contributed by atoms with van der Waals surface area (Å²) in [4.78, 5) is 4.46. The van der Waals surface area contributed by atoms with E-state index in [1.807, 2.05) is 48.8 Å². The van der Waals surface area contributed by atoms with E-state index < -0.39 is 0 Å². The van der Waals surface area contributed by atoms with Gasteiger partial charge in [-0.15, -0.1) is 0 Å². The second-order valence-electron chi connectivity index (χ2n) is 3.95.